The van der Waals surface area contributed by atoms with Gasteiger partial charge in [-0.05, 0) is 0 Å². The van der Waals surface area contributed by atoms with Gasteiger partial charge < -0.3 is 15.3 Å². The molecule has 0 heterocycles. The molecule has 0 saturated carbocycles. The van der Waals surface area contributed by atoms with Crippen LogP contribution in [0.5, 0.6) is 0 Å². The van der Waals surface area contributed by atoms with Crippen LogP contribution in [0, 0.1) is 34.6 Å². The SMILES string of the molecule is N#C[O-].N#C[O-].N#C[O-].[Fe+2].[K+]. The Labute approximate surface area is 117 Å². The molecule has 0 rings (SSSR count). The fraction of sp³-hybridized carbons (Fsp3) is 0. The molecule has 0 amide bonds. The summed E-state index contributed by atoms with van der Waals surface area (Å²) in [5.41, 5.74) is 0. The molecule has 0 aliphatic carbocycles. The zero-order valence-electron chi connectivity index (χ0n) is 5.42. The molecule has 0 atom stereocenters. The second kappa shape index (κ2) is 89.2. The van der Waals surface area contributed by atoms with Crippen LogP contribution < -0.4 is 66.7 Å². The first kappa shape index (κ1) is 30.5. The smallest absolute Gasteiger partial charge is 0.812 e. The third-order valence-electron chi connectivity index (χ3n) is 0. The van der Waals surface area contributed by atoms with Gasteiger partial charge in [0.1, 0.15) is 0 Å². The Morgan fingerprint density at radius 3 is 0.727 bits per heavy atom. The Morgan fingerprint density at radius 2 is 0.727 bits per heavy atom. The van der Waals surface area contributed by atoms with Crippen molar-refractivity contribution in [3.63, 3.8) is 0 Å². The van der Waals surface area contributed by atoms with Crippen LogP contribution in [0.1, 0.15) is 0 Å². The molecule has 0 aliphatic heterocycles. The summed E-state index contributed by atoms with van der Waals surface area (Å²) in [6.45, 7) is 0. The predicted molar refractivity (Wildman–Crippen MR) is 16.8 cm³/mol. The van der Waals surface area contributed by atoms with Crippen LogP contribution in [0.2, 0.25) is 0 Å². The maximum Gasteiger partial charge on any atom is 2.00 e. The second-order valence-electron chi connectivity index (χ2n) is 0.274. The van der Waals surface area contributed by atoms with Gasteiger partial charge in [-0.3, -0.25) is 0 Å². The Bertz CT molecular complexity index is 117. The van der Waals surface area contributed by atoms with Gasteiger partial charge in [0.25, 0.3) is 0 Å². The summed E-state index contributed by atoms with van der Waals surface area (Å²) in [6, 6.07) is 0. The molecule has 0 saturated heterocycles. The van der Waals surface area contributed by atoms with Crippen molar-refractivity contribution in [2.45, 2.75) is 0 Å². The zero-order valence-corrected chi connectivity index (χ0v) is 9.65. The van der Waals surface area contributed by atoms with Crippen molar-refractivity contribution in [2.24, 2.45) is 0 Å². The van der Waals surface area contributed by atoms with Crippen LogP contribution in [0.25, 0.3) is 0 Å². The number of hydrogen-bond donors (Lipinski definition) is 0. The standard InChI is InChI=1S/3CHNO.Fe.K/c3*2-1-3;;/h3*3H;;/q;;;+2;+1/p-3. The van der Waals surface area contributed by atoms with E-state index in [9.17, 15) is 0 Å². The molecule has 8 heteroatoms. The van der Waals surface area contributed by atoms with Gasteiger partial charge in [-0.25, -0.2) is 15.8 Å². The molecule has 0 aromatic heterocycles. The van der Waals surface area contributed by atoms with Crippen molar-refractivity contribution in [3.05, 3.63) is 0 Å². The van der Waals surface area contributed by atoms with Crippen LogP contribution in [-0.4, -0.2) is 0 Å². The molecule has 0 aromatic rings. The average molecular weight is 221 g/mol. The monoisotopic (exact) mass is 221 g/mol. The minimum atomic E-state index is 0. The number of nitrogens with zero attached hydrogens (tertiary/aromatic N) is 3. The minimum absolute atomic E-state index is 0. The second-order valence-corrected chi connectivity index (χ2v) is 0.274. The van der Waals surface area contributed by atoms with Crippen molar-refractivity contribution in [1.29, 1.82) is 15.8 Å². The van der Waals surface area contributed by atoms with Crippen LogP contribution >= 0.6 is 0 Å². The largest absolute Gasteiger partial charge is 2.00 e. The van der Waals surface area contributed by atoms with Crippen LogP contribution in [0.4, 0.5) is 0 Å². The van der Waals surface area contributed by atoms with Gasteiger partial charge in [0.05, 0.1) is 0 Å². The minimum Gasteiger partial charge on any atom is -0.812 e. The van der Waals surface area contributed by atoms with E-state index in [1.54, 1.807) is 0 Å². The van der Waals surface area contributed by atoms with Crippen molar-refractivity contribution in [3.8, 4) is 18.8 Å². The van der Waals surface area contributed by atoms with E-state index in [1.807, 2.05) is 0 Å². The number of hydrogen-bond acceptors (Lipinski definition) is 6. The Kier molecular flexibility index (Phi) is 248. The normalized spacial score (nSPS) is 1.91. The van der Waals surface area contributed by atoms with Gasteiger partial charge in [-0.2, -0.15) is 0 Å². The molecular weight excluding hydrogens is 221 g/mol. The molecule has 0 aliphatic rings. The van der Waals surface area contributed by atoms with E-state index in [2.05, 4.69) is 0 Å². The van der Waals surface area contributed by atoms with Gasteiger partial charge in [-0.1, -0.05) is 0 Å². The molecular formula is C3FeKN3O3. The first-order valence-electron chi connectivity index (χ1n) is 1.28. The molecule has 0 radical (unpaired) electrons. The summed E-state index contributed by atoms with van der Waals surface area (Å²) in [6.07, 6.45) is 1.50. The molecule has 0 bridgehead atoms. The summed E-state index contributed by atoms with van der Waals surface area (Å²) in [4.78, 5) is 0. The van der Waals surface area contributed by atoms with E-state index in [1.165, 1.54) is 0 Å². The molecule has 0 unspecified atom stereocenters. The van der Waals surface area contributed by atoms with E-state index >= 15 is 0 Å². The molecule has 54 valence electrons. The fourth-order valence-electron chi connectivity index (χ4n) is 0. The summed E-state index contributed by atoms with van der Waals surface area (Å²) in [5.74, 6) is 0. The predicted octanol–water partition coefficient (Wildman–Crippen LogP) is -6.52. The Hall–Kier alpha value is 0.0258. The van der Waals surface area contributed by atoms with Crippen molar-refractivity contribution < 1.29 is 83.8 Å². The third kappa shape index (κ3) is 967000. The first-order valence-corrected chi connectivity index (χ1v) is 1.28. The van der Waals surface area contributed by atoms with E-state index in [0.717, 1.165) is 0 Å². The maximum absolute atomic E-state index is 8.24. The van der Waals surface area contributed by atoms with Crippen molar-refractivity contribution >= 4 is 0 Å². The molecule has 0 N–H and O–H groups in total. The number of nitriles is 3. The van der Waals surface area contributed by atoms with Gasteiger partial charge in [0.15, 0.2) is 0 Å². The van der Waals surface area contributed by atoms with Gasteiger partial charge in [-0.15, -0.1) is 0 Å². The summed E-state index contributed by atoms with van der Waals surface area (Å²) >= 11 is 0. The van der Waals surface area contributed by atoms with E-state index in [-0.39, 0.29) is 68.5 Å². The van der Waals surface area contributed by atoms with E-state index in [0.29, 0.717) is 18.8 Å². The fourth-order valence-corrected chi connectivity index (χ4v) is 0. The first-order chi connectivity index (χ1) is 4.24. The Balaban J connectivity index is -0.0000000150. The van der Waals surface area contributed by atoms with E-state index < -0.39 is 0 Å². The van der Waals surface area contributed by atoms with Gasteiger partial charge >= 0.3 is 68.5 Å². The van der Waals surface area contributed by atoms with Crippen LogP contribution in [-0.2, 0) is 17.1 Å². The summed E-state index contributed by atoms with van der Waals surface area (Å²) in [5, 5.41) is 45.0. The van der Waals surface area contributed by atoms with Crippen molar-refractivity contribution in [1.82, 2.24) is 0 Å². The molecule has 0 fully saturated rings. The molecule has 11 heavy (non-hydrogen) atoms. The summed E-state index contributed by atoms with van der Waals surface area (Å²) in [7, 11) is 0. The topological polar surface area (TPSA) is 141 Å². The zero-order chi connectivity index (χ0) is 8.12. The van der Waals surface area contributed by atoms with E-state index in [4.69, 9.17) is 31.1 Å². The molecule has 0 spiro atoms. The molecule has 6 nitrogen and oxygen atoms in total. The maximum atomic E-state index is 8.24. The quantitative estimate of drug-likeness (QED) is 0.294. The van der Waals surface area contributed by atoms with Crippen molar-refractivity contribution in [2.75, 3.05) is 0 Å². The van der Waals surface area contributed by atoms with Gasteiger partial charge in [0.2, 0.25) is 0 Å². The third-order valence-corrected chi connectivity index (χ3v) is 0. The van der Waals surface area contributed by atoms with Crippen LogP contribution in [0.3, 0.4) is 0 Å². The Morgan fingerprint density at radius 1 is 0.727 bits per heavy atom. The summed E-state index contributed by atoms with van der Waals surface area (Å²) < 4.78 is 0. The number of rotatable bonds is 0. The molecule has 0 aromatic carbocycles. The van der Waals surface area contributed by atoms with Crippen LogP contribution in [0.15, 0.2) is 0 Å². The van der Waals surface area contributed by atoms with Gasteiger partial charge in [0, 0.05) is 18.8 Å². The average Bonchev–Trinajstić information content (AvgIpc) is 1.70.